The maximum absolute atomic E-state index is 12.8. The topological polar surface area (TPSA) is 92.8 Å². The quantitative estimate of drug-likeness (QED) is 0.615. The summed E-state index contributed by atoms with van der Waals surface area (Å²) in [5, 5.41) is 2.76. The number of esters is 1. The van der Waals surface area contributed by atoms with E-state index in [0.717, 1.165) is 5.56 Å². The van der Waals surface area contributed by atoms with E-state index in [4.69, 9.17) is 4.74 Å². The van der Waals surface area contributed by atoms with Crippen molar-refractivity contribution in [2.45, 2.75) is 38.6 Å². The predicted molar refractivity (Wildman–Crippen MR) is 115 cm³/mol. The average molecular weight is 433 g/mol. The molecule has 0 saturated carbocycles. The summed E-state index contributed by atoms with van der Waals surface area (Å²) in [4.78, 5) is 24.6. The first kappa shape index (κ1) is 23.6. The largest absolute Gasteiger partial charge is 0.452 e. The van der Waals surface area contributed by atoms with Crippen molar-refractivity contribution in [1.29, 1.82) is 0 Å². The molecule has 0 saturated heterocycles. The van der Waals surface area contributed by atoms with Gasteiger partial charge in [0, 0.05) is 13.1 Å². The van der Waals surface area contributed by atoms with Crippen molar-refractivity contribution in [3.63, 3.8) is 0 Å². The fraction of sp³-hybridized carbons (Fsp3) is 0.364. The summed E-state index contributed by atoms with van der Waals surface area (Å²) in [7, 11) is -3.72. The van der Waals surface area contributed by atoms with Crippen molar-refractivity contribution < 1.29 is 22.7 Å². The number of nitrogens with one attached hydrogen (secondary N) is 1. The van der Waals surface area contributed by atoms with Crippen molar-refractivity contribution in [3.8, 4) is 0 Å². The fourth-order valence-electron chi connectivity index (χ4n) is 3.03. The number of nitrogens with zero attached hydrogens (tertiary/aromatic N) is 1. The average Bonchev–Trinajstić information content (AvgIpc) is 2.73. The molecule has 8 heteroatoms. The van der Waals surface area contributed by atoms with Gasteiger partial charge in [-0.15, -0.1) is 0 Å². The highest BCUT2D eigenvalue weighted by atomic mass is 32.2. The van der Waals surface area contributed by atoms with Gasteiger partial charge in [0.15, 0.2) is 6.61 Å². The van der Waals surface area contributed by atoms with Gasteiger partial charge >= 0.3 is 5.97 Å². The Morgan fingerprint density at radius 1 is 1.07 bits per heavy atom. The number of amides is 1. The number of hydrogen-bond donors (Lipinski definition) is 1. The monoisotopic (exact) mass is 432 g/mol. The molecular weight excluding hydrogens is 404 g/mol. The van der Waals surface area contributed by atoms with Gasteiger partial charge in [0.25, 0.3) is 5.91 Å². The van der Waals surface area contributed by atoms with Gasteiger partial charge in [-0.25, -0.2) is 13.2 Å². The molecule has 2 rings (SSSR count). The van der Waals surface area contributed by atoms with Gasteiger partial charge in [0.2, 0.25) is 10.0 Å². The summed E-state index contributed by atoms with van der Waals surface area (Å²) in [6.07, 6.45) is 0. The summed E-state index contributed by atoms with van der Waals surface area (Å²) >= 11 is 0. The molecule has 1 N–H and O–H groups in total. The number of benzene rings is 2. The Morgan fingerprint density at radius 2 is 1.70 bits per heavy atom. The van der Waals surface area contributed by atoms with Crippen molar-refractivity contribution in [3.05, 3.63) is 65.2 Å². The molecule has 0 fully saturated rings. The third-order valence-corrected chi connectivity index (χ3v) is 6.95. The Bertz CT molecular complexity index is 986. The number of carbonyl (C=O) groups excluding carboxylic acids is 2. The Balaban J connectivity index is 2.06. The molecule has 2 aromatic rings. The number of hydrogen-bond acceptors (Lipinski definition) is 5. The zero-order chi connectivity index (χ0) is 22.3. The Labute approximate surface area is 178 Å². The van der Waals surface area contributed by atoms with Gasteiger partial charge in [-0.2, -0.15) is 4.31 Å². The Morgan fingerprint density at radius 3 is 2.30 bits per heavy atom. The number of carbonyl (C=O) groups is 2. The predicted octanol–water partition coefficient (Wildman–Crippen LogP) is 3.06. The van der Waals surface area contributed by atoms with Crippen LogP contribution in [0.15, 0.2) is 53.4 Å². The van der Waals surface area contributed by atoms with Crippen LogP contribution in [0.1, 0.15) is 48.3 Å². The van der Waals surface area contributed by atoms with E-state index in [1.165, 1.54) is 16.4 Å². The molecule has 0 aliphatic heterocycles. The minimum Gasteiger partial charge on any atom is -0.452 e. The molecule has 1 amide bonds. The molecule has 0 bridgehead atoms. The van der Waals surface area contributed by atoms with E-state index >= 15 is 0 Å². The lowest BCUT2D eigenvalue weighted by Crippen LogP contribution is -2.32. The standard InChI is InChI=1S/C22H28N2O5S/c1-5-24(6-2)30(27,28)20-14-19(13-12-16(20)3)22(26)29-15-21(25)23-17(4)18-10-8-7-9-11-18/h7-14,17H,5-6,15H2,1-4H3,(H,23,25)/t17-/m1/s1. The fourth-order valence-corrected chi connectivity index (χ4v) is 4.74. The summed E-state index contributed by atoms with van der Waals surface area (Å²) in [5.41, 5.74) is 1.55. The SMILES string of the molecule is CCN(CC)S(=O)(=O)c1cc(C(=O)OCC(=O)N[C@H](C)c2ccccc2)ccc1C. The lowest BCUT2D eigenvalue weighted by Gasteiger charge is -2.20. The zero-order valence-electron chi connectivity index (χ0n) is 17.7. The molecular formula is C22H28N2O5S. The first-order chi connectivity index (χ1) is 14.2. The first-order valence-electron chi connectivity index (χ1n) is 9.82. The van der Waals surface area contributed by atoms with Crippen LogP contribution in [0.5, 0.6) is 0 Å². The Kier molecular flexibility index (Phi) is 8.14. The molecule has 0 radical (unpaired) electrons. The molecule has 0 unspecified atom stereocenters. The number of rotatable bonds is 9. The van der Waals surface area contributed by atoms with Crippen molar-refractivity contribution in [1.82, 2.24) is 9.62 Å². The molecule has 0 aromatic heterocycles. The van der Waals surface area contributed by atoms with Gasteiger partial charge in [-0.3, -0.25) is 4.79 Å². The number of ether oxygens (including phenoxy) is 1. The van der Waals surface area contributed by atoms with Crippen LogP contribution in [-0.4, -0.2) is 44.3 Å². The summed E-state index contributed by atoms with van der Waals surface area (Å²) in [6, 6.07) is 13.5. The van der Waals surface area contributed by atoms with Gasteiger partial charge in [0.05, 0.1) is 16.5 Å². The highest BCUT2D eigenvalue weighted by molar-refractivity contribution is 7.89. The minimum absolute atomic E-state index is 0.0581. The number of aryl methyl sites for hydroxylation is 1. The molecule has 30 heavy (non-hydrogen) atoms. The van der Waals surface area contributed by atoms with Crippen LogP contribution in [0.4, 0.5) is 0 Å². The minimum atomic E-state index is -3.72. The highest BCUT2D eigenvalue weighted by Gasteiger charge is 2.25. The van der Waals surface area contributed by atoms with Gasteiger partial charge in [-0.1, -0.05) is 50.2 Å². The summed E-state index contributed by atoms with van der Waals surface area (Å²) in [5.74, 6) is -1.20. The lowest BCUT2D eigenvalue weighted by molar-refractivity contribution is -0.124. The number of sulfonamides is 1. The molecule has 0 heterocycles. The van der Waals surface area contributed by atoms with E-state index in [0.29, 0.717) is 18.7 Å². The molecule has 1 atom stereocenters. The second-order valence-electron chi connectivity index (χ2n) is 6.85. The van der Waals surface area contributed by atoms with Crippen molar-refractivity contribution in [2.75, 3.05) is 19.7 Å². The van der Waals surface area contributed by atoms with Gasteiger partial charge < -0.3 is 10.1 Å². The summed E-state index contributed by atoms with van der Waals surface area (Å²) in [6.45, 7) is 7.21. The van der Waals surface area contributed by atoms with Crippen LogP contribution in [0, 0.1) is 6.92 Å². The molecule has 0 spiro atoms. The van der Waals surface area contributed by atoms with Crippen LogP contribution in [0.25, 0.3) is 0 Å². The normalized spacial score (nSPS) is 12.4. The van der Waals surface area contributed by atoms with Gasteiger partial charge in [-0.05, 0) is 37.1 Å². The van der Waals surface area contributed by atoms with Crippen LogP contribution in [0.2, 0.25) is 0 Å². The van der Waals surface area contributed by atoms with E-state index in [9.17, 15) is 18.0 Å². The van der Waals surface area contributed by atoms with E-state index < -0.39 is 28.5 Å². The van der Waals surface area contributed by atoms with E-state index in [2.05, 4.69) is 5.32 Å². The van der Waals surface area contributed by atoms with Crippen molar-refractivity contribution in [2.24, 2.45) is 0 Å². The van der Waals surface area contributed by atoms with Crippen LogP contribution in [-0.2, 0) is 19.6 Å². The zero-order valence-corrected chi connectivity index (χ0v) is 18.5. The van der Waals surface area contributed by atoms with Gasteiger partial charge in [0.1, 0.15) is 0 Å². The molecule has 7 nitrogen and oxygen atoms in total. The smallest absolute Gasteiger partial charge is 0.338 e. The maximum atomic E-state index is 12.8. The molecule has 162 valence electrons. The van der Waals surface area contributed by atoms with Crippen LogP contribution < -0.4 is 5.32 Å². The van der Waals surface area contributed by atoms with E-state index in [1.807, 2.05) is 37.3 Å². The lowest BCUT2D eigenvalue weighted by atomic mass is 10.1. The molecule has 0 aliphatic carbocycles. The Hall–Kier alpha value is -2.71. The first-order valence-corrected chi connectivity index (χ1v) is 11.3. The summed E-state index contributed by atoms with van der Waals surface area (Å²) < 4.78 is 32.1. The molecule has 0 aliphatic rings. The second kappa shape index (κ2) is 10.4. The third kappa shape index (κ3) is 5.67. The molecule has 2 aromatic carbocycles. The second-order valence-corrected chi connectivity index (χ2v) is 8.75. The van der Waals surface area contributed by atoms with E-state index in [-0.39, 0.29) is 16.5 Å². The van der Waals surface area contributed by atoms with Crippen LogP contribution >= 0.6 is 0 Å². The van der Waals surface area contributed by atoms with Crippen LogP contribution in [0.3, 0.4) is 0 Å². The van der Waals surface area contributed by atoms with Crippen molar-refractivity contribution >= 4 is 21.9 Å². The van der Waals surface area contributed by atoms with E-state index in [1.54, 1.807) is 26.8 Å². The maximum Gasteiger partial charge on any atom is 0.338 e. The highest BCUT2D eigenvalue weighted by Crippen LogP contribution is 2.22. The third-order valence-electron chi connectivity index (χ3n) is 4.76.